The lowest BCUT2D eigenvalue weighted by molar-refractivity contribution is -0.0806. The maximum atomic E-state index is 6.31. The molecule has 0 spiro atoms. The van der Waals surface area contributed by atoms with Crippen LogP contribution in [-0.2, 0) is 18.9 Å². The summed E-state index contributed by atoms with van der Waals surface area (Å²) in [6.45, 7) is 16.7. The molecule has 2 heterocycles. The van der Waals surface area contributed by atoms with Crippen LogP contribution in [-0.4, -0.2) is 49.8 Å². The van der Waals surface area contributed by atoms with Crippen LogP contribution < -0.4 is 0 Å². The maximum absolute atomic E-state index is 6.31. The first-order chi connectivity index (χ1) is 11.7. The van der Waals surface area contributed by atoms with Gasteiger partial charge < -0.3 is 18.9 Å². The van der Waals surface area contributed by atoms with Crippen LogP contribution in [0.2, 0.25) is 0 Å². The van der Waals surface area contributed by atoms with E-state index in [1.165, 1.54) is 6.42 Å². The highest BCUT2D eigenvalue weighted by atomic mass is 16.6. The zero-order chi connectivity index (χ0) is 18.5. The third kappa shape index (κ3) is 9.37. The normalized spacial score (nSPS) is 25.7. The fraction of sp³-hybridized carbons (Fsp3) is 1.00. The Kier molecular flexibility index (Phi) is 7.75. The van der Waals surface area contributed by atoms with Gasteiger partial charge in [-0.1, -0.05) is 20.3 Å². The standard InChI is InChI=1S/C21H40O4/c1-7-16(2)12-24-20(3,4)10-17(8-9-18-14-22-18)13-25-21(5,6)11-19-15-23-19/h16-19H,7-15H2,1-6H3. The van der Waals surface area contributed by atoms with Crippen molar-refractivity contribution in [1.82, 2.24) is 0 Å². The molecule has 0 aromatic rings. The molecule has 2 rings (SSSR count). The molecule has 0 saturated carbocycles. The Hall–Kier alpha value is -0.160. The highest BCUT2D eigenvalue weighted by molar-refractivity contribution is 4.82. The van der Waals surface area contributed by atoms with Gasteiger partial charge in [0.05, 0.1) is 43.2 Å². The molecule has 25 heavy (non-hydrogen) atoms. The molecule has 0 aromatic heterocycles. The van der Waals surface area contributed by atoms with Crippen LogP contribution in [0.3, 0.4) is 0 Å². The minimum Gasteiger partial charge on any atom is -0.375 e. The van der Waals surface area contributed by atoms with Crippen molar-refractivity contribution in [2.75, 3.05) is 26.4 Å². The molecular formula is C21H40O4. The van der Waals surface area contributed by atoms with Crippen molar-refractivity contribution in [2.24, 2.45) is 11.8 Å². The summed E-state index contributed by atoms with van der Waals surface area (Å²) >= 11 is 0. The van der Waals surface area contributed by atoms with Crippen LogP contribution in [0.1, 0.15) is 73.6 Å². The second-order valence-electron chi connectivity index (χ2n) is 9.42. The van der Waals surface area contributed by atoms with Crippen molar-refractivity contribution in [1.29, 1.82) is 0 Å². The zero-order valence-electron chi connectivity index (χ0n) is 17.3. The highest BCUT2D eigenvalue weighted by Crippen LogP contribution is 2.31. The van der Waals surface area contributed by atoms with Crippen LogP contribution in [0.5, 0.6) is 0 Å². The van der Waals surface area contributed by atoms with Gasteiger partial charge in [-0.15, -0.1) is 0 Å². The van der Waals surface area contributed by atoms with Gasteiger partial charge in [-0.3, -0.25) is 0 Å². The first-order valence-corrected chi connectivity index (χ1v) is 10.2. The van der Waals surface area contributed by atoms with Crippen molar-refractivity contribution in [3.63, 3.8) is 0 Å². The molecule has 0 aromatic carbocycles. The zero-order valence-corrected chi connectivity index (χ0v) is 17.3. The minimum absolute atomic E-state index is 0.106. The van der Waals surface area contributed by atoms with Gasteiger partial charge in [0.1, 0.15) is 0 Å². The highest BCUT2D eigenvalue weighted by Gasteiger charge is 2.34. The van der Waals surface area contributed by atoms with Crippen LogP contribution in [0.25, 0.3) is 0 Å². The predicted octanol–water partition coefficient (Wildman–Crippen LogP) is 4.60. The van der Waals surface area contributed by atoms with Gasteiger partial charge in [-0.2, -0.15) is 0 Å². The number of rotatable bonds is 14. The molecule has 0 N–H and O–H groups in total. The number of ether oxygens (including phenoxy) is 4. The molecular weight excluding hydrogens is 316 g/mol. The summed E-state index contributed by atoms with van der Waals surface area (Å²) < 4.78 is 23.3. The van der Waals surface area contributed by atoms with Crippen molar-refractivity contribution in [3.8, 4) is 0 Å². The molecule has 2 aliphatic rings. The monoisotopic (exact) mass is 356 g/mol. The van der Waals surface area contributed by atoms with E-state index >= 15 is 0 Å². The Labute approximate surface area is 154 Å². The fourth-order valence-corrected chi connectivity index (χ4v) is 3.28. The number of epoxide rings is 2. The number of hydrogen-bond acceptors (Lipinski definition) is 4. The third-order valence-electron chi connectivity index (χ3n) is 5.37. The van der Waals surface area contributed by atoms with Crippen molar-refractivity contribution < 1.29 is 18.9 Å². The van der Waals surface area contributed by atoms with Crippen molar-refractivity contribution in [2.45, 2.75) is 97.1 Å². The molecule has 0 bridgehead atoms. The summed E-state index contributed by atoms with van der Waals surface area (Å²) in [4.78, 5) is 0. The van der Waals surface area contributed by atoms with E-state index in [2.05, 4.69) is 41.5 Å². The Morgan fingerprint density at radius 1 is 0.960 bits per heavy atom. The van der Waals surface area contributed by atoms with E-state index in [0.717, 1.165) is 52.1 Å². The van der Waals surface area contributed by atoms with Crippen LogP contribution in [0, 0.1) is 11.8 Å². The van der Waals surface area contributed by atoms with Gasteiger partial charge in [0, 0.05) is 13.0 Å². The quantitative estimate of drug-likeness (QED) is 0.427. The number of hydrogen-bond donors (Lipinski definition) is 0. The third-order valence-corrected chi connectivity index (χ3v) is 5.37. The first kappa shape index (κ1) is 21.1. The van der Waals surface area contributed by atoms with E-state index in [9.17, 15) is 0 Å². The van der Waals surface area contributed by atoms with E-state index < -0.39 is 0 Å². The van der Waals surface area contributed by atoms with Crippen molar-refractivity contribution >= 4 is 0 Å². The molecule has 4 atom stereocenters. The molecule has 4 heteroatoms. The fourth-order valence-electron chi connectivity index (χ4n) is 3.28. The topological polar surface area (TPSA) is 43.5 Å². The minimum atomic E-state index is -0.114. The van der Waals surface area contributed by atoms with E-state index in [1.807, 2.05) is 0 Å². The molecule has 0 radical (unpaired) electrons. The molecule has 2 fully saturated rings. The smallest absolute Gasteiger partial charge is 0.0837 e. The maximum Gasteiger partial charge on any atom is 0.0837 e. The van der Waals surface area contributed by atoms with Crippen LogP contribution >= 0.6 is 0 Å². The Morgan fingerprint density at radius 2 is 1.56 bits per heavy atom. The molecule has 2 saturated heterocycles. The molecule has 0 aliphatic carbocycles. The van der Waals surface area contributed by atoms with Gasteiger partial charge in [-0.05, 0) is 58.8 Å². The van der Waals surface area contributed by atoms with Crippen molar-refractivity contribution in [3.05, 3.63) is 0 Å². The average Bonchev–Trinajstić information content (AvgIpc) is 3.42. The lowest BCUT2D eigenvalue weighted by atomic mass is 9.89. The molecule has 148 valence electrons. The van der Waals surface area contributed by atoms with E-state index in [0.29, 0.717) is 24.0 Å². The summed E-state index contributed by atoms with van der Waals surface area (Å²) in [5.41, 5.74) is -0.219. The SMILES string of the molecule is CCC(C)COC(C)(C)CC(CCC1CO1)COC(C)(C)CC1CO1. The van der Waals surface area contributed by atoms with E-state index in [4.69, 9.17) is 18.9 Å². The summed E-state index contributed by atoms with van der Waals surface area (Å²) in [6.07, 6.45) is 6.37. The molecule has 0 amide bonds. The lowest BCUT2D eigenvalue weighted by Gasteiger charge is -2.33. The summed E-state index contributed by atoms with van der Waals surface area (Å²) in [6, 6.07) is 0. The van der Waals surface area contributed by atoms with Gasteiger partial charge in [-0.25, -0.2) is 0 Å². The average molecular weight is 357 g/mol. The Balaban J connectivity index is 1.80. The van der Waals surface area contributed by atoms with Gasteiger partial charge in [0.15, 0.2) is 0 Å². The van der Waals surface area contributed by atoms with Gasteiger partial charge in [0.2, 0.25) is 0 Å². The lowest BCUT2D eigenvalue weighted by Crippen LogP contribution is -2.34. The van der Waals surface area contributed by atoms with E-state index in [1.54, 1.807) is 0 Å². The van der Waals surface area contributed by atoms with Gasteiger partial charge in [0.25, 0.3) is 0 Å². The van der Waals surface area contributed by atoms with Crippen LogP contribution in [0.4, 0.5) is 0 Å². The predicted molar refractivity (Wildman–Crippen MR) is 101 cm³/mol. The summed E-state index contributed by atoms with van der Waals surface area (Å²) in [5, 5.41) is 0. The Bertz CT molecular complexity index is 385. The largest absolute Gasteiger partial charge is 0.375 e. The second kappa shape index (κ2) is 9.16. The summed E-state index contributed by atoms with van der Waals surface area (Å²) in [5.74, 6) is 1.13. The van der Waals surface area contributed by atoms with E-state index in [-0.39, 0.29) is 11.2 Å². The molecule has 2 aliphatic heterocycles. The van der Waals surface area contributed by atoms with Gasteiger partial charge >= 0.3 is 0 Å². The van der Waals surface area contributed by atoms with Crippen LogP contribution in [0.15, 0.2) is 0 Å². The molecule has 4 nitrogen and oxygen atoms in total. The molecule has 4 unspecified atom stereocenters. The second-order valence-corrected chi connectivity index (χ2v) is 9.42. The first-order valence-electron chi connectivity index (χ1n) is 10.2. The Morgan fingerprint density at radius 3 is 2.12 bits per heavy atom. The summed E-state index contributed by atoms with van der Waals surface area (Å²) in [7, 11) is 0.